The lowest BCUT2D eigenvalue weighted by Gasteiger charge is -2.20. The average Bonchev–Trinajstić information content (AvgIpc) is 3.12. The number of aliphatic carboxylic acids is 1. The van der Waals surface area contributed by atoms with Gasteiger partial charge in [-0.1, -0.05) is 11.6 Å². The van der Waals surface area contributed by atoms with Crippen LogP contribution in [0.2, 0.25) is 5.02 Å². The molecule has 0 atom stereocenters. The van der Waals surface area contributed by atoms with Crippen LogP contribution in [0.3, 0.4) is 0 Å². The molecule has 1 amide bonds. The van der Waals surface area contributed by atoms with Gasteiger partial charge in [-0.3, -0.25) is 9.59 Å². The minimum absolute atomic E-state index is 0.249. The van der Waals surface area contributed by atoms with Crippen molar-refractivity contribution in [1.82, 2.24) is 4.90 Å². The number of carbonyl (C=O) groups is 2. The van der Waals surface area contributed by atoms with Gasteiger partial charge in [0.2, 0.25) is 0 Å². The summed E-state index contributed by atoms with van der Waals surface area (Å²) in [7, 11) is 0. The van der Waals surface area contributed by atoms with Crippen LogP contribution in [0.5, 0.6) is 0 Å². The van der Waals surface area contributed by atoms with Crippen molar-refractivity contribution < 1.29 is 14.7 Å². The van der Waals surface area contributed by atoms with Crippen LogP contribution >= 0.6 is 11.6 Å². The SMILES string of the molecule is O=C(O)CN(CC1CC1)C(=O)c1ccc(Cl)cc1. The summed E-state index contributed by atoms with van der Waals surface area (Å²) < 4.78 is 0. The molecule has 0 unspecified atom stereocenters. The maximum Gasteiger partial charge on any atom is 0.323 e. The zero-order valence-corrected chi connectivity index (χ0v) is 10.6. The van der Waals surface area contributed by atoms with E-state index in [0.29, 0.717) is 23.0 Å². The number of amides is 1. The topological polar surface area (TPSA) is 57.6 Å². The van der Waals surface area contributed by atoms with Gasteiger partial charge in [0.05, 0.1) is 0 Å². The number of carbonyl (C=O) groups excluding carboxylic acids is 1. The van der Waals surface area contributed by atoms with E-state index in [1.165, 1.54) is 4.90 Å². The molecule has 1 N–H and O–H groups in total. The molecule has 1 fully saturated rings. The fraction of sp³-hybridized carbons (Fsp3) is 0.385. The molecule has 0 spiro atoms. The van der Waals surface area contributed by atoms with E-state index >= 15 is 0 Å². The smallest absolute Gasteiger partial charge is 0.323 e. The summed E-state index contributed by atoms with van der Waals surface area (Å²) >= 11 is 5.76. The average molecular weight is 268 g/mol. The number of benzene rings is 1. The Morgan fingerprint density at radius 2 is 1.89 bits per heavy atom. The van der Waals surface area contributed by atoms with Crippen molar-refractivity contribution in [3.8, 4) is 0 Å². The van der Waals surface area contributed by atoms with E-state index in [9.17, 15) is 9.59 Å². The lowest BCUT2D eigenvalue weighted by atomic mass is 10.2. The van der Waals surface area contributed by atoms with Crippen molar-refractivity contribution in [2.75, 3.05) is 13.1 Å². The fourth-order valence-corrected chi connectivity index (χ4v) is 1.90. The van der Waals surface area contributed by atoms with E-state index in [1.54, 1.807) is 24.3 Å². The van der Waals surface area contributed by atoms with Gasteiger partial charge in [0.25, 0.3) is 5.91 Å². The van der Waals surface area contributed by atoms with Crippen molar-refractivity contribution in [2.45, 2.75) is 12.8 Å². The van der Waals surface area contributed by atoms with E-state index in [2.05, 4.69) is 0 Å². The molecule has 1 saturated carbocycles. The van der Waals surface area contributed by atoms with Crippen LogP contribution in [0.15, 0.2) is 24.3 Å². The molecule has 1 aliphatic carbocycles. The normalized spacial score (nSPS) is 14.3. The minimum atomic E-state index is -0.988. The van der Waals surface area contributed by atoms with Crippen LogP contribution in [0.4, 0.5) is 0 Å². The summed E-state index contributed by atoms with van der Waals surface area (Å²) in [5.41, 5.74) is 0.473. The summed E-state index contributed by atoms with van der Waals surface area (Å²) in [6.07, 6.45) is 2.15. The Hall–Kier alpha value is -1.55. The van der Waals surface area contributed by atoms with Crippen LogP contribution in [-0.4, -0.2) is 35.0 Å². The maximum atomic E-state index is 12.2. The number of rotatable bonds is 5. The van der Waals surface area contributed by atoms with Crippen molar-refractivity contribution in [1.29, 1.82) is 0 Å². The number of hydrogen-bond donors (Lipinski definition) is 1. The zero-order valence-electron chi connectivity index (χ0n) is 9.80. The lowest BCUT2D eigenvalue weighted by Crippen LogP contribution is -2.37. The first-order chi connectivity index (χ1) is 8.56. The summed E-state index contributed by atoms with van der Waals surface area (Å²) in [6, 6.07) is 6.49. The Morgan fingerprint density at radius 1 is 1.28 bits per heavy atom. The highest BCUT2D eigenvalue weighted by molar-refractivity contribution is 6.30. The molecule has 0 saturated heterocycles. The van der Waals surface area contributed by atoms with Crippen LogP contribution in [0, 0.1) is 5.92 Å². The Kier molecular flexibility index (Phi) is 3.87. The van der Waals surface area contributed by atoms with Crippen molar-refractivity contribution in [3.05, 3.63) is 34.9 Å². The third-order valence-corrected chi connectivity index (χ3v) is 3.13. The third-order valence-electron chi connectivity index (χ3n) is 2.88. The second kappa shape index (κ2) is 5.40. The predicted molar refractivity (Wildman–Crippen MR) is 67.7 cm³/mol. The Morgan fingerprint density at radius 3 is 2.39 bits per heavy atom. The number of nitrogens with zero attached hydrogens (tertiary/aromatic N) is 1. The molecule has 18 heavy (non-hydrogen) atoms. The first-order valence-electron chi connectivity index (χ1n) is 5.83. The molecule has 1 aromatic rings. The van der Waals surface area contributed by atoms with Crippen molar-refractivity contribution in [3.63, 3.8) is 0 Å². The van der Waals surface area contributed by atoms with Gasteiger partial charge in [-0.25, -0.2) is 0 Å². The molecule has 1 aromatic carbocycles. The van der Waals surface area contributed by atoms with Gasteiger partial charge in [-0.15, -0.1) is 0 Å². The zero-order chi connectivity index (χ0) is 13.1. The van der Waals surface area contributed by atoms with Gasteiger partial charge in [0.1, 0.15) is 6.54 Å². The Balaban J connectivity index is 2.10. The monoisotopic (exact) mass is 267 g/mol. The summed E-state index contributed by atoms with van der Waals surface area (Å²) in [4.78, 5) is 24.4. The lowest BCUT2D eigenvalue weighted by molar-refractivity contribution is -0.137. The second-order valence-corrected chi connectivity index (χ2v) is 4.97. The number of halogens is 1. The van der Waals surface area contributed by atoms with E-state index in [4.69, 9.17) is 16.7 Å². The molecule has 2 rings (SSSR count). The van der Waals surface area contributed by atoms with Gasteiger partial charge in [0.15, 0.2) is 0 Å². The summed E-state index contributed by atoms with van der Waals surface area (Å²) in [5, 5.41) is 9.40. The van der Waals surface area contributed by atoms with Crippen LogP contribution in [0.25, 0.3) is 0 Å². The van der Waals surface area contributed by atoms with Crippen LogP contribution < -0.4 is 0 Å². The summed E-state index contributed by atoms with van der Waals surface area (Å²) in [5.74, 6) is -0.778. The van der Waals surface area contributed by atoms with E-state index < -0.39 is 5.97 Å². The van der Waals surface area contributed by atoms with Gasteiger partial charge in [-0.2, -0.15) is 0 Å². The standard InChI is InChI=1S/C13H14ClNO3/c14-11-5-3-10(4-6-11)13(18)15(8-12(16)17)7-9-1-2-9/h3-6,9H,1-2,7-8H2,(H,16,17). The summed E-state index contributed by atoms with van der Waals surface area (Å²) in [6.45, 7) is 0.270. The van der Waals surface area contributed by atoms with E-state index in [-0.39, 0.29) is 12.5 Å². The first-order valence-corrected chi connectivity index (χ1v) is 6.20. The van der Waals surface area contributed by atoms with Crippen LogP contribution in [0.1, 0.15) is 23.2 Å². The molecular weight excluding hydrogens is 254 g/mol. The highest BCUT2D eigenvalue weighted by Gasteiger charge is 2.28. The predicted octanol–water partition coefficient (Wildman–Crippen LogP) is 2.28. The van der Waals surface area contributed by atoms with Gasteiger partial charge in [0, 0.05) is 17.1 Å². The Bertz CT molecular complexity index is 454. The van der Waals surface area contributed by atoms with E-state index in [1.807, 2.05) is 0 Å². The minimum Gasteiger partial charge on any atom is -0.480 e. The van der Waals surface area contributed by atoms with Crippen LogP contribution in [-0.2, 0) is 4.79 Å². The molecule has 0 radical (unpaired) electrons. The molecule has 1 aliphatic rings. The highest BCUT2D eigenvalue weighted by Crippen LogP contribution is 2.30. The number of hydrogen-bond acceptors (Lipinski definition) is 2. The quantitative estimate of drug-likeness (QED) is 0.890. The third kappa shape index (κ3) is 3.47. The highest BCUT2D eigenvalue weighted by atomic mass is 35.5. The first kappa shape index (κ1) is 12.9. The largest absolute Gasteiger partial charge is 0.480 e. The molecule has 0 heterocycles. The molecular formula is C13H14ClNO3. The second-order valence-electron chi connectivity index (χ2n) is 4.53. The molecule has 96 valence electrons. The fourth-order valence-electron chi connectivity index (χ4n) is 1.77. The molecule has 4 nitrogen and oxygen atoms in total. The number of carboxylic acid groups (broad SMARTS) is 1. The van der Waals surface area contributed by atoms with Crippen molar-refractivity contribution >= 4 is 23.5 Å². The van der Waals surface area contributed by atoms with Gasteiger partial charge < -0.3 is 10.0 Å². The maximum absolute atomic E-state index is 12.2. The van der Waals surface area contributed by atoms with Crippen molar-refractivity contribution in [2.24, 2.45) is 5.92 Å². The van der Waals surface area contributed by atoms with E-state index in [0.717, 1.165) is 12.8 Å². The molecule has 0 bridgehead atoms. The Labute approximate surface area is 110 Å². The molecule has 5 heteroatoms. The molecule has 0 aromatic heterocycles. The van der Waals surface area contributed by atoms with Gasteiger partial charge >= 0.3 is 5.97 Å². The van der Waals surface area contributed by atoms with Gasteiger partial charge in [-0.05, 0) is 43.0 Å². The number of carboxylic acids is 1. The molecule has 0 aliphatic heterocycles.